The number of sulfonamides is 1. The number of halogens is 1. The van der Waals surface area contributed by atoms with Gasteiger partial charge in [-0.3, -0.25) is 0 Å². The Labute approximate surface area is 139 Å². The average Bonchev–Trinajstić information content (AvgIpc) is 3.37. The Balaban J connectivity index is 1.90. The van der Waals surface area contributed by atoms with Gasteiger partial charge in [0.1, 0.15) is 5.82 Å². The molecule has 1 fully saturated rings. The third-order valence-corrected chi connectivity index (χ3v) is 5.72. The molecule has 3 rings (SSSR count). The minimum absolute atomic E-state index is 0.0177. The fourth-order valence-corrected chi connectivity index (χ4v) is 4.27. The smallest absolute Gasteiger partial charge is 0.339 e. The van der Waals surface area contributed by atoms with E-state index in [4.69, 9.17) is 4.74 Å². The van der Waals surface area contributed by atoms with Crippen LogP contribution in [0.2, 0.25) is 0 Å². The second-order valence-electron chi connectivity index (χ2n) is 5.36. The number of hydrogen-bond acceptors (Lipinski definition) is 4. The fraction of sp³-hybridized carbons (Fsp3) is 0.235. The number of ether oxygens (including phenoxy) is 1. The van der Waals surface area contributed by atoms with Crippen molar-refractivity contribution >= 4 is 16.0 Å². The maximum Gasteiger partial charge on any atom is 0.339 e. The number of hydrogen-bond donors (Lipinski definition) is 0. The number of esters is 1. The molecule has 0 radical (unpaired) electrons. The molecule has 24 heavy (non-hydrogen) atoms. The van der Waals surface area contributed by atoms with Crippen LogP contribution in [0.3, 0.4) is 0 Å². The summed E-state index contributed by atoms with van der Waals surface area (Å²) in [5.41, 5.74) is 0.734. The molecule has 1 aliphatic rings. The molecule has 0 aromatic heterocycles. The first-order valence-corrected chi connectivity index (χ1v) is 8.92. The lowest BCUT2D eigenvalue weighted by molar-refractivity contribution is 0.0521. The molecule has 0 aliphatic carbocycles. The van der Waals surface area contributed by atoms with Crippen LogP contribution in [0, 0.1) is 5.82 Å². The molecule has 2 atom stereocenters. The van der Waals surface area contributed by atoms with Gasteiger partial charge in [-0.15, -0.1) is 0 Å². The van der Waals surface area contributed by atoms with Crippen LogP contribution in [0.15, 0.2) is 53.4 Å². The van der Waals surface area contributed by atoms with Crippen LogP contribution < -0.4 is 0 Å². The lowest BCUT2D eigenvalue weighted by Gasteiger charge is -2.11. The van der Waals surface area contributed by atoms with E-state index in [1.54, 1.807) is 31.2 Å². The van der Waals surface area contributed by atoms with Crippen LogP contribution in [-0.4, -0.2) is 31.8 Å². The van der Waals surface area contributed by atoms with Crippen molar-refractivity contribution in [1.82, 2.24) is 4.31 Å². The zero-order chi connectivity index (χ0) is 17.3. The Hall–Kier alpha value is -2.25. The third kappa shape index (κ3) is 3.05. The van der Waals surface area contributed by atoms with Gasteiger partial charge in [0, 0.05) is 6.54 Å². The van der Waals surface area contributed by atoms with E-state index >= 15 is 0 Å². The Morgan fingerprint density at radius 1 is 1.21 bits per heavy atom. The van der Waals surface area contributed by atoms with Crippen molar-refractivity contribution in [2.24, 2.45) is 0 Å². The molecule has 1 aliphatic heterocycles. The van der Waals surface area contributed by atoms with Crippen LogP contribution in [0.25, 0.3) is 0 Å². The molecule has 0 N–H and O–H groups in total. The minimum Gasteiger partial charge on any atom is -0.462 e. The highest BCUT2D eigenvalue weighted by Gasteiger charge is 2.46. The van der Waals surface area contributed by atoms with E-state index in [-0.39, 0.29) is 28.9 Å². The van der Waals surface area contributed by atoms with E-state index in [1.165, 1.54) is 28.6 Å². The molecule has 0 saturated carbocycles. The van der Waals surface area contributed by atoms with Crippen molar-refractivity contribution in [3.8, 4) is 0 Å². The van der Waals surface area contributed by atoms with E-state index < -0.39 is 16.0 Å². The number of carbonyl (C=O) groups excluding carboxylic acids is 1. The van der Waals surface area contributed by atoms with Crippen LogP contribution in [0.4, 0.5) is 4.39 Å². The van der Waals surface area contributed by atoms with Gasteiger partial charge in [0.2, 0.25) is 10.0 Å². The minimum atomic E-state index is -3.83. The first-order chi connectivity index (χ1) is 11.4. The quantitative estimate of drug-likeness (QED) is 0.615. The van der Waals surface area contributed by atoms with Gasteiger partial charge in [-0.1, -0.05) is 24.3 Å². The zero-order valence-electron chi connectivity index (χ0n) is 13.0. The van der Waals surface area contributed by atoms with Gasteiger partial charge >= 0.3 is 5.97 Å². The second-order valence-corrected chi connectivity index (χ2v) is 7.22. The van der Waals surface area contributed by atoms with E-state index in [9.17, 15) is 17.6 Å². The molecule has 2 aromatic carbocycles. The molecule has 1 heterocycles. The maximum absolute atomic E-state index is 13.0. The summed E-state index contributed by atoms with van der Waals surface area (Å²) in [4.78, 5) is 11.9. The Bertz CT molecular complexity index is 864. The van der Waals surface area contributed by atoms with Gasteiger partial charge in [-0.2, -0.15) is 4.31 Å². The number of rotatable bonds is 5. The molecule has 0 spiro atoms. The lowest BCUT2D eigenvalue weighted by atomic mass is 10.2. The topological polar surface area (TPSA) is 63.5 Å². The summed E-state index contributed by atoms with van der Waals surface area (Å²) in [7, 11) is -3.83. The number of benzene rings is 2. The van der Waals surface area contributed by atoms with Crippen LogP contribution >= 0.6 is 0 Å². The normalized spacial score (nSPS) is 19.8. The molecular weight excluding hydrogens is 333 g/mol. The second kappa shape index (κ2) is 6.33. The first-order valence-electron chi connectivity index (χ1n) is 7.48. The molecule has 1 saturated heterocycles. The molecule has 0 amide bonds. The summed E-state index contributed by atoms with van der Waals surface area (Å²) >= 11 is 0. The molecule has 5 nitrogen and oxygen atoms in total. The van der Waals surface area contributed by atoms with Crippen molar-refractivity contribution in [2.45, 2.75) is 17.9 Å². The molecule has 7 heteroatoms. The largest absolute Gasteiger partial charge is 0.462 e. The van der Waals surface area contributed by atoms with E-state index in [0.717, 1.165) is 0 Å². The summed E-state index contributed by atoms with van der Waals surface area (Å²) < 4.78 is 44.8. The van der Waals surface area contributed by atoms with Crippen LogP contribution in [-0.2, 0) is 14.8 Å². The monoisotopic (exact) mass is 349 g/mol. The summed E-state index contributed by atoms with van der Waals surface area (Å²) in [6, 6.07) is 11.3. The lowest BCUT2D eigenvalue weighted by Crippen LogP contribution is -2.18. The van der Waals surface area contributed by atoms with Gasteiger partial charge in [0.15, 0.2) is 0 Å². The highest BCUT2D eigenvalue weighted by Crippen LogP contribution is 2.41. The van der Waals surface area contributed by atoms with Crippen molar-refractivity contribution in [2.75, 3.05) is 13.2 Å². The third-order valence-electron chi connectivity index (χ3n) is 3.79. The summed E-state index contributed by atoms with van der Waals surface area (Å²) in [5, 5.41) is 0. The first kappa shape index (κ1) is 16.6. The summed E-state index contributed by atoms with van der Waals surface area (Å²) in [5.74, 6) is -1.04. The van der Waals surface area contributed by atoms with Gasteiger partial charge in [-0.05, 0) is 36.8 Å². The zero-order valence-corrected chi connectivity index (χ0v) is 13.8. The highest BCUT2D eigenvalue weighted by atomic mass is 32.2. The van der Waals surface area contributed by atoms with E-state index in [1.807, 2.05) is 0 Å². The molecule has 126 valence electrons. The van der Waals surface area contributed by atoms with Gasteiger partial charge in [0.05, 0.1) is 23.1 Å². The Kier molecular flexibility index (Phi) is 4.38. The molecule has 2 unspecified atom stereocenters. The van der Waals surface area contributed by atoms with Crippen molar-refractivity contribution in [3.05, 3.63) is 65.5 Å². The molecular formula is C17H16FNO4S. The van der Waals surface area contributed by atoms with Crippen molar-refractivity contribution in [3.63, 3.8) is 0 Å². The van der Waals surface area contributed by atoms with E-state index in [0.29, 0.717) is 12.1 Å². The predicted molar refractivity (Wildman–Crippen MR) is 85.4 cm³/mol. The van der Waals surface area contributed by atoms with Crippen molar-refractivity contribution in [1.29, 1.82) is 0 Å². The van der Waals surface area contributed by atoms with Gasteiger partial charge in [-0.25, -0.2) is 17.6 Å². The highest BCUT2D eigenvalue weighted by molar-refractivity contribution is 7.89. The Morgan fingerprint density at radius 3 is 2.54 bits per heavy atom. The average molecular weight is 349 g/mol. The predicted octanol–water partition coefficient (Wildman–Crippen LogP) is 2.75. The van der Waals surface area contributed by atoms with E-state index in [2.05, 4.69) is 0 Å². The molecule has 2 aromatic rings. The van der Waals surface area contributed by atoms with Gasteiger partial charge < -0.3 is 4.74 Å². The fourth-order valence-electron chi connectivity index (χ4n) is 2.54. The molecule has 0 bridgehead atoms. The number of nitrogens with zero attached hydrogens (tertiary/aromatic N) is 1. The van der Waals surface area contributed by atoms with Crippen molar-refractivity contribution < 1.29 is 22.3 Å². The SMILES string of the molecule is CCOC(=O)c1ccccc1S(=O)(=O)N1CC1c1ccc(F)cc1. The number of carbonyl (C=O) groups is 1. The summed E-state index contributed by atoms with van der Waals surface area (Å²) in [6.07, 6.45) is 0. The van der Waals surface area contributed by atoms with Gasteiger partial charge in [0.25, 0.3) is 0 Å². The maximum atomic E-state index is 13.0. The Morgan fingerprint density at radius 2 is 1.88 bits per heavy atom. The summed E-state index contributed by atoms with van der Waals surface area (Å²) in [6.45, 7) is 2.12. The van der Waals surface area contributed by atoms with Crippen LogP contribution in [0.5, 0.6) is 0 Å². The van der Waals surface area contributed by atoms with Crippen LogP contribution in [0.1, 0.15) is 28.9 Å². The standard InChI is InChI=1S/C17H16FNO4S/c1-2-23-17(20)14-5-3-4-6-16(14)24(21,22)19-11-15(19)12-7-9-13(18)10-8-12/h3-10,15H,2,11H2,1H3.